The van der Waals surface area contributed by atoms with Crippen LogP contribution in [0.4, 0.5) is 0 Å². The smallest absolute Gasteiger partial charge is 0.338 e. The Labute approximate surface area is 265 Å². The maximum absolute atomic E-state index is 14.2. The van der Waals surface area contributed by atoms with Crippen molar-refractivity contribution in [2.75, 3.05) is 14.2 Å². The monoisotopic (exact) mass is 651 g/mol. The lowest BCUT2D eigenvalue weighted by Gasteiger charge is -2.25. The molecule has 0 bridgehead atoms. The number of halogens is 3. The van der Waals surface area contributed by atoms with Crippen molar-refractivity contribution < 1.29 is 14.3 Å². The van der Waals surface area contributed by atoms with Crippen molar-refractivity contribution in [1.82, 2.24) is 9.13 Å². The molecule has 3 heterocycles. The topological polar surface area (TPSA) is 74.8 Å². The molecule has 1 aliphatic heterocycles. The van der Waals surface area contributed by atoms with Crippen LogP contribution >= 0.6 is 46.1 Å². The maximum Gasteiger partial charge on any atom is 0.338 e. The minimum absolute atomic E-state index is 0.235. The molecule has 0 saturated heterocycles. The molecule has 0 N–H and O–H groups in total. The van der Waals surface area contributed by atoms with Crippen LogP contribution in [0.2, 0.25) is 15.1 Å². The summed E-state index contributed by atoms with van der Waals surface area (Å²) >= 11 is 20.2. The van der Waals surface area contributed by atoms with Crippen molar-refractivity contribution >= 4 is 69.1 Å². The molecule has 0 fully saturated rings. The summed E-state index contributed by atoms with van der Waals surface area (Å²) in [5.41, 5.74) is 3.68. The van der Waals surface area contributed by atoms with Gasteiger partial charge in [0.05, 0.1) is 30.0 Å². The number of nitrogens with zero attached hydrogens (tertiary/aromatic N) is 3. The normalized spacial score (nSPS) is 15.0. The third-order valence-electron chi connectivity index (χ3n) is 7.38. The molecular formula is C32H24Cl3N3O4S. The molecule has 1 atom stereocenters. The first-order valence-corrected chi connectivity index (χ1v) is 15.1. The number of esters is 1. The van der Waals surface area contributed by atoms with Gasteiger partial charge >= 0.3 is 5.97 Å². The number of carbonyl (C=O) groups excluding carboxylic acids is 1. The Bertz CT molecular complexity index is 2150. The summed E-state index contributed by atoms with van der Waals surface area (Å²) in [6.45, 7) is 2.24. The van der Waals surface area contributed by atoms with E-state index in [1.54, 1.807) is 31.2 Å². The molecule has 6 rings (SSSR count). The van der Waals surface area contributed by atoms with Crippen molar-refractivity contribution in [3.05, 3.63) is 130 Å². The second-order valence-electron chi connectivity index (χ2n) is 9.92. The summed E-state index contributed by atoms with van der Waals surface area (Å²) in [5, 5.41) is 2.55. The Balaban J connectivity index is 1.55. The largest absolute Gasteiger partial charge is 0.496 e. The SMILES string of the molecule is COC(=O)C1=C(C)N=c2s/c(=C\c3cn(Cc4ccc(Cl)cc4Cl)c4ccccc34)c(=O)n2[C@H]1c1cc(Cl)ccc1OC. The molecule has 43 heavy (non-hydrogen) atoms. The maximum atomic E-state index is 14.2. The first kappa shape index (κ1) is 29.3. The predicted molar refractivity (Wildman–Crippen MR) is 171 cm³/mol. The molecule has 0 radical (unpaired) electrons. The highest BCUT2D eigenvalue weighted by molar-refractivity contribution is 7.07. The standard InChI is InChI=1S/C32H24Cl3N3O4S/c1-17-28(31(40)42-3)29(23-13-20(33)10-11-26(23)41-2)38-30(39)27(43-32(38)36-17)12-19-16-37(25-7-5-4-6-22(19)25)15-18-8-9-21(34)14-24(18)35/h4-14,16,29H,15H2,1-3H3/b27-12-/t29-/m0/s1. The fourth-order valence-corrected chi connectivity index (χ4v) is 7.09. The van der Waals surface area contributed by atoms with Crippen LogP contribution < -0.4 is 19.6 Å². The summed E-state index contributed by atoms with van der Waals surface area (Å²) in [4.78, 5) is 32.3. The van der Waals surface area contributed by atoms with Crippen LogP contribution in [-0.4, -0.2) is 29.3 Å². The zero-order valence-electron chi connectivity index (χ0n) is 23.2. The molecule has 11 heteroatoms. The number of hydrogen-bond donors (Lipinski definition) is 0. The van der Waals surface area contributed by atoms with Gasteiger partial charge in [-0.25, -0.2) is 9.79 Å². The van der Waals surface area contributed by atoms with Crippen LogP contribution in [0.15, 0.2) is 87.9 Å². The molecule has 0 unspecified atom stereocenters. The van der Waals surface area contributed by atoms with Crippen LogP contribution in [-0.2, 0) is 16.1 Å². The number of thiazole rings is 1. The molecule has 3 aromatic carbocycles. The van der Waals surface area contributed by atoms with E-state index >= 15 is 0 Å². The van der Waals surface area contributed by atoms with E-state index in [9.17, 15) is 9.59 Å². The van der Waals surface area contributed by atoms with Crippen molar-refractivity contribution in [2.45, 2.75) is 19.5 Å². The Kier molecular flexibility index (Phi) is 7.96. The van der Waals surface area contributed by atoms with Gasteiger partial charge in [0, 0.05) is 49.8 Å². The van der Waals surface area contributed by atoms with Gasteiger partial charge in [0.25, 0.3) is 5.56 Å². The molecule has 0 aliphatic carbocycles. The lowest BCUT2D eigenvalue weighted by Crippen LogP contribution is -2.40. The van der Waals surface area contributed by atoms with E-state index in [4.69, 9.17) is 44.3 Å². The minimum Gasteiger partial charge on any atom is -0.496 e. The molecular weight excluding hydrogens is 629 g/mol. The highest BCUT2D eigenvalue weighted by atomic mass is 35.5. The van der Waals surface area contributed by atoms with Gasteiger partial charge in [0.1, 0.15) is 11.8 Å². The van der Waals surface area contributed by atoms with E-state index < -0.39 is 12.0 Å². The summed E-state index contributed by atoms with van der Waals surface area (Å²) in [5.74, 6) is -0.115. The first-order chi connectivity index (χ1) is 20.7. The van der Waals surface area contributed by atoms with Crippen molar-refractivity contribution in [3.63, 3.8) is 0 Å². The quantitative estimate of drug-likeness (QED) is 0.200. The Morgan fingerprint density at radius 2 is 1.79 bits per heavy atom. The van der Waals surface area contributed by atoms with Gasteiger partial charge in [0.2, 0.25) is 0 Å². The van der Waals surface area contributed by atoms with E-state index in [0.717, 1.165) is 22.0 Å². The Morgan fingerprint density at radius 3 is 2.53 bits per heavy atom. The van der Waals surface area contributed by atoms with Gasteiger partial charge in [-0.15, -0.1) is 0 Å². The van der Waals surface area contributed by atoms with Gasteiger partial charge in [-0.2, -0.15) is 0 Å². The molecule has 7 nitrogen and oxygen atoms in total. The van der Waals surface area contributed by atoms with E-state index in [0.29, 0.717) is 48.0 Å². The molecule has 0 spiro atoms. The number of fused-ring (bicyclic) bond motifs is 2. The molecule has 5 aromatic rings. The average Bonchev–Trinajstić information content (AvgIpc) is 3.49. The molecule has 2 aromatic heterocycles. The molecule has 0 saturated carbocycles. The second kappa shape index (κ2) is 11.7. The number of methoxy groups -OCH3 is 2. The molecule has 1 aliphatic rings. The highest BCUT2D eigenvalue weighted by Gasteiger charge is 2.35. The first-order valence-electron chi connectivity index (χ1n) is 13.2. The van der Waals surface area contributed by atoms with Gasteiger partial charge in [0.15, 0.2) is 4.80 Å². The summed E-state index contributed by atoms with van der Waals surface area (Å²) in [6, 6.07) is 17.6. The third-order valence-corrected chi connectivity index (χ3v) is 9.18. The van der Waals surface area contributed by atoms with Gasteiger partial charge in [-0.1, -0.05) is 70.4 Å². The number of allylic oxidation sites excluding steroid dienone is 1. The Hall–Kier alpha value is -3.82. The summed E-state index contributed by atoms with van der Waals surface area (Å²) in [7, 11) is 2.82. The van der Waals surface area contributed by atoms with Crippen LogP contribution in [0.25, 0.3) is 17.0 Å². The molecule has 218 valence electrons. The van der Waals surface area contributed by atoms with Gasteiger partial charge in [-0.3, -0.25) is 9.36 Å². The van der Waals surface area contributed by atoms with E-state index in [1.165, 1.54) is 30.1 Å². The number of hydrogen-bond acceptors (Lipinski definition) is 6. The van der Waals surface area contributed by atoms with E-state index in [1.807, 2.05) is 48.7 Å². The minimum atomic E-state index is -0.854. The van der Waals surface area contributed by atoms with Gasteiger partial charge < -0.3 is 14.0 Å². The molecule has 0 amide bonds. The zero-order chi connectivity index (χ0) is 30.4. The number of ether oxygens (including phenoxy) is 2. The number of aromatic nitrogens is 2. The van der Waals surface area contributed by atoms with Crippen molar-refractivity contribution in [1.29, 1.82) is 0 Å². The number of para-hydroxylation sites is 1. The highest BCUT2D eigenvalue weighted by Crippen LogP contribution is 2.37. The van der Waals surface area contributed by atoms with Crippen LogP contribution in [0.1, 0.15) is 29.7 Å². The zero-order valence-corrected chi connectivity index (χ0v) is 26.3. The summed E-state index contributed by atoms with van der Waals surface area (Å²) < 4.78 is 14.8. The van der Waals surface area contributed by atoms with Crippen LogP contribution in [0.3, 0.4) is 0 Å². The van der Waals surface area contributed by atoms with Crippen molar-refractivity contribution in [2.24, 2.45) is 4.99 Å². The predicted octanol–water partition coefficient (Wildman–Crippen LogP) is 6.38. The number of carbonyl (C=O) groups is 1. The fourth-order valence-electron chi connectivity index (χ4n) is 5.40. The third kappa shape index (κ3) is 5.29. The summed E-state index contributed by atoms with van der Waals surface area (Å²) in [6.07, 6.45) is 3.85. The van der Waals surface area contributed by atoms with E-state index in [2.05, 4.69) is 9.56 Å². The average molecular weight is 653 g/mol. The number of rotatable bonds is 6. The van der Waals surface area contributed by atoms with Crippen LogP contribution in [0, 0.1) is 0 Å². The van der Waals surface area contributed by atoms with Crippen LogP contribution in [0.5, 0.6) is 5.75 Å². The number of benzene rings is 3. The van der Waals surface area contributed by atoms with Crippen molar-refractivity contribution in [3.8, 4) is 5.75 Å². The lowest BCUT2D eigenvalue weighted by atomic mass is 9.95. The van der Waals surface area contributed by atoms with E-state index in [-0.39, 0.29) is 11.1 Å². The lowest BCUT2D eigenvalue weighted by molar-refractivity contribution is -0.136. The second-order valence-corrected chi connectivity index (χ2v) is 12.2. The van der Waals surface area contributed by atoms with Gasteiger partial charge in [-0.05, 0) is 55.0 Å². The fraction of sp³-hybridized carbons (Fsp3) is 0.156. The Morgan fingerprint density at radius 1 is 1.05 bits per heavy atom.